The summed E-state index contributed by atoms with van der Waals surface area (Å²) in [6, 6.07) is 0.0493. The minimum absolute atomic E-state index is 0.0324. The van der Waals surface area contributed by atoms with Gasteiger partial charge in [0.05, 0.1) is 19.1 Å². The number of carboxylic acid groups (broad SMARTS) is 1. The van der Waals surface area contributed by atoms with Crippen molar-refractivity contribution >= 4 is 5.97 Å². The first-order valence-electron chi connectivity index (χ1n) is 18.8. The Morgan fingerprint density at radius 2 is 1.60 bits per heavy atom. The molecule has 10 heteroatoms. The van der Waals surface area contributed by atoms with E-state index in [1.807, 2.05) is 6.92 Å². The fourth-order valence-corrected chi connectivity index (χ4v) is 11.9. The summed E-state index contributed by atoms with van der Waals surface area (Å²) in [5.74, 6) is 2.84. The molecule has 2 aromatic heterocycles. The van der Waals surface area contributed by atoms with Crippen LogP contribution in [0.4, 0.5) is 0 Å². The molecule has 48 heavy (non-hydrogen) atoms. The molecule has 6 N–H and O–H groups in total. The third-order valence-corrected chi connectivity index (χ3v) is 14.4. The number of carbonyl (C=O) groups is 1. The van der Waals surface area contributed by atoms with Crippen molar-refractivity contribution in [1.82, 2.24) is 9.55 Å². The van der Waals surface area contributed by atoms with E-state index in [1.54, 1.807) is 4.57 Å². The summed E-state index contributed by atoms with van der Waals surface area (Å²) in [6.07, 6.45) is 11.2. The van der Waals surface area contributed by atoms with Crippen LogP contribution in [0.1, 0.15) is 99.4 Å². The van der Waals surface area contributed by atoms with Crippen molar-refractivity contribution < 1.29 is 39.8 Å². The molecule has 5 aliphatic carbocycles. The molecule has 2 aromatic rings. The van der Waals surface area contributed by atoms with Crippen molar-refractivity contribution in [3.8, 4) is 23.5 Å². The number of aromatic hydroxyl groups is 4. The second-order valence-electron chi connectivity index (χ2n) is 16.6. The molecular formula is C38H54N2O8. The van der Waals surface area contributed by atoms with Gasteiger partial charge in [-0.3, -0.25) is 14.3 Å². The van der Waals surface area contributed by atoms with Crippen molar-refractivity contribution in [2.75, 3.05) is 19.8 Å². The average Bonchev–Trinajstić information content (AvgIpc) is 3.35. The monoisotopic (exact) mass is 666 g/mol. The number of aromatic amines is 1. The largest absolute Gasteiger partial charge is 0.494 e. The van der Waals surface area contributed by atoms with Crippen LogP contribution in [0.5, 0.6) is 23.5 Å². The lowest BCUT2D eigenvalue weighted by atomic mass is 9.64. The first-order valence-corrected chi connectivity index (χ1v) is 18.8. The number of nitrogens with one attached hydrogen (secondary N) is 1. The summed E-state index contributed by atoms with van der Waals surface area (Å²) in [7, 11) is 0. The predicted octanol–water partition coefficient (Wildman–Crippen LogP) is 6.27. The van der Waals surface area contributed by atoms with E-state index in [0.29, 0.717) is 83.3 Å². The Labute approximate surface area is 282 Å². The van der Waals surface area contributed by atoms with E-state index in [-0.39, 0.29) is 59.8 Å². The van der Waals surface area contributed by atoms with Crippen molar-refractivity contribution in [2.45, 2.75) is 103 Å². The summed E-state index contributed by atoms with van der Waals surface area (Å²) >= 11 is 0. The summed E-state index contributed by atoms with van der Waals surface area (Å²) < 4.78 is 13.2. The number of hydrogen-bond acceptors (Lipinski definition) is 7. The Morgan fingerprint density at radius 3 is 2.31 bits per heavy atom. The standard InChI is InChI=1S/C38H54N2O8/c1-18-20-9-29(33(10-20)38(45)46)25(18)12-28-21-8-22(15-47-16-24-17-48-24)27(11-21)30(28)14-32-31(34(41)39-35(32)42)13-26-19(2)36(43)40(37(26)44)23-6-4-3-5-7-23/h18,20-25,27-30,33,39,41-44H,3-17H2,1-2H3,(H,45,46). The number of aromatic nitrogens is 2. The van der Waals surface area contributed by atoms with Gasteiger partial charge in [-0.05, 0) is 112 Å². The molecule has 4 bridgehead atoms. The number of hydrogen-bond donors (Lipinski definition) is 6. The Hall–Kier alpha value is -2.85. The average molecular weight is 667 g/mol. The maximum Gasteiger partial charge on any atom is 0.306 e. The molecule has 0 radical (unpaired) electrons. The number of aliphatic carboxylic acids is 1. The third-order valence-electron chi connectivity index (χ3n) is 14.4. The summed E-state index contributed by atoms with van der Waals surface area (Å²) in [5, 5.41) is 55.0. The van der Waals surface area contributed by atoms with E-state index >= 15 is 0 Å². The molecule has 1 aliphatic heterocycles. The van der Waals surface area contributed by atoms with E-state index in [2.05, 4.69) is 11.9 Å². The van der Waals surface area contributed by atoms with E-state index in [1.165, 1.54) is 0 Å². The van der Waals surface area contributed by atoms with Gasteiger partial charge >= 0.3 is 5.97 Å². The number of ether oxygens (including phenoxy) is 2. The summed E-state index contributed by atoms with van der Waals surface area (Å²) in [5.41, 5.74) is 2.46. The molecule has 6 fully saturated rings. The quantitative estimate of drug-likeness (QED) is 0.145. The predicted molar refractivity (Wildman–Crippen MR) is 177 cm³/mol. The fourth-order valence-electron chi connectivity index (χ4n) is 11.9. The van der Waals surface area contributed by atoms with Gasteiger partial charge in [0.1, 0.15) is 6.10 Å². The molecule has 264 valence electrons. The minimum atomic E-state index is -0.639. The molecule has 11 unspecified atom stereocenters. The summed E-state index contributed by atoms with van der Waals surface area (Å²) in [6.45, 7) is 6.26. The number of rotatable bonds is 12. The number of nitrogens with zero attached hydrogens (tertiary/aromatic N) is 1. The highest BCUT2D eigenvalue weighted by atomic mass is 16.6. The van der Waals surface area contributed by atoms with Gasteiger partial charge in [0.2, 0.25) is 0 Å². The first kappa shape index (κ1) is 32.4. The Balaban J connectivity index is 1.07. The Kier molecular flexibility index (Phi) is 8.42. The van der Waals surface area contributed by atoms with Crippen LogP contribution >= 0.6 is 0 Å². The van der Waals surface area contributed by atoms with Gasteiger partial charge in [0.15, 0.2) is 23.5 Å². The van der Waals surface area contributed by atoms with Crippen LogP contribution in [0.3, 0.4) is 0 Å². The molecule has 0 amide bonds. The smallest absolute Gasteiger partial charge is 0.306 e. The molecule has 11 atom stereocenters. The van der Waals surface area contributed by atoms with Crippen molar-refractivity contribution in [1.29, 1.82) is 0 Å². The van der Waals surface area contributed by atoms with Gasteiger partial charge < -0.3 is 35.0 Å². The highest BCUT2D eigenvalue weighted by molar-refractivity contribution is 5.71. The van der Waals surface area contributed by atoms with Crippen LogP contribution in [0.25, 0.3) is 0 Å². The van der Waals surface area contributed by atoms with Crippen molar-refractivity contribution in [2.24, 2.45) is 59.2 Å². The lowest BCUT2D eigenvalue weighted by Gasteiger charge is -2.41. The van der Waals surface area contributed by atoms with Gasteiger partial charge in [0, 0.05) is 41.3 Å². The number of H-pyrrole nitrogens is 1. The van der Waals surface area contributed by atoms with Gasteiger partial charge in [-0.2, -0.15) is 0 Å². The van der Waals surface area contributed by atoms with Crippen LogP contribution in [0.2, 0.25) is 0 Å². The van der Waals surface area contributed by atoms with Crippen LogP contribution in [0.15, 0.2) is 0 Å². The lowest BCUT2D eigenvalue weighted by Crippen LogP contribution is -2.37. The molecular weight excluding hydrogens is 612 g/mol. The molecule has 5 saturated carbocycles. The van der Waals surface area contributed by atoms with Gasteiger partial charge in [-0.25, -0.2) is 0 Å². The maximum absolute atomic E-state index is 12.2. The summed E-state index contributed by atoms with van der Waals surface area (Å²) in [4.78, 5) is 15.0. The highest BCUT2D eigenvalue weighted by Crippen LogP contribution is 2.63. The molecule has 3 heterocycles. The number of epoxide rings is 1. The van der Waals surface area contributed by atoms with Gasteiger partial charge in [-0.1, -0.05) is 26.2 Å². The zero-order valence-corrected chi connectivity index (χ0v) is 28.4. The Morgan fingerprint density at radius 1 is 0.875 bits per heavy atom. The number of carboxylic acids is 1. The number of fused-ring (bicyclic) bond motifs is 4. The van der Waals surface area contributed by atoms with E-state index in [0.717, 1.165) is 70.8 Å². The van der Waals surface area contributed by atoms with Gasteiger partial charge in [-0.15, -0.1) is 0 Å². The molecule has 0 spiro atoms. The molecule has 10 nitrogen and oxygen atoms in total. The van der Waals surface area contributed by atoms with Crippen LogP contribution in [-0.4, -0.2) is 67.0 Å². The minimum Gasteiger partial charge on any atom is -0.494 e. The fraction of sp³-hybridized carbons (Fsp3) is 0.763. The van der Waals surface area contributed by atoms with Gasteiger partial charge in [0.25, 0.3) is 0 Å². The molecule has 8 rings (SSSR count). The van der Waals surface area contributed by atoms with Crippen molar-refractivity contribution in [3.63, 3.8) is 0 Å². The topological polar surface area (TPSA) is 161 Å². The molecule has 6 aliphatic rings. The zero-order chi connectivity index (χ0) is 33.4. The molecule has 0 aromatic carbocycles. The van der Waals surface area contributed by atoms with E-state index in [9.17, 15) is 30.3 Å². The SMILES string of the molecule is Cc1c(Cc2c(O)[nH]c(O)c2CC2C3CC(CC3COCC3CO3)C2CC2C(C)C3CC(C(=O)O)C2C3)c(O)n(C2CCCCC2)c1O. The van der Waals surface area contributed by atoms with E-state index in [4.69, 9.17) is 9.47 Å². The second-order valence-corrected chi connectivity index (χ2v) is 16.6. The first-order chi connectivity index (χ1) is 23.1. The van der Waals surface area contributed by atoms with Crippen LogP contribution in [-0.2, 0) is 27.1 Å². The normalized spacial score (nSPS) is 37.2. The lowest BCUT2D eigenvalue weighted by molar-refractivity contribution is -0.145. The second kappa shape index (κ2) is 12.5. The Bertz CT molecular complexity index is 1520. The third kappa shape index (κ3) is 5.49. The zero-order valence-electron chi connectivity index (χ0n) is 28.4. The highest BCUT2D eigenvalue weighted by Gasteiger charge is 2.57. The molecule has 1 saturated heterocycles. The van der Waals surface area contributed by atoms with E-state index < -0.39 is 5.97 Å². The van der Waals surface area contributed by atoms with Crippen LogP contribution < -0.4 is 0 Å². The maximum atomic E-state index is 12.2. The van der Waals surface area contributed by atoms with Crippen LogP contribution in [0, 0.1) is 66.1 Å². The van der Waals surface area contributed by atoms with Crippen molar-refractivity contribution in [3.05, 3.63) is 22.3 Å².